The maximum atomic E-state index is 12.8. The highest BCUT2D eigenvalue weighted by Gasteiger charge is 2.25. The molecule has 0 aliphatic rings. The van der Waals surface area contributed by atoms with E-state index < -0.39 is 25.8 Å². The van der Waals surface area contributed by atoms with Crippen molar-refractivity contribution in [1.82, 2.24) is 0 Å². The molecule has 1 unspecified atom stereocenters. The molecule has 26 heavy (non-hydrogen) atoms. The third-order valence-electron chi connectivity index (χ3n) is 3.71. The largest absolute Gasteiger partial charge is 0.376 e. The van der Waals surface area contributed by atoms with Gasteiger partial charge >= 0.3 is 0 Å². The fourth-order valence-electron chi connectivity index (χ4n) is 2.22. The van der Waals surface area contributed by atoms with Gasteiger partial charge in [0.1, 0.15) is 0 Å². The van der Waals surface area contributed by atoms with Crippen LogP contribution in [0.4, 0.5) is 0 Å². The Morgan fingerprint density at radius 3 is 1.88 bits per heavy atom. The Kier molecular flexibility index (Phi) is 6.52. The Labute approximate surface area is 154 Å². The van der Waals surface area contributed by atoms with Gasteiger partial charge in [-0.3, -0.25) is 0 Å². The highest BCUT2D eigenvalue weighted by molar-refractivity contribution is 7.95. The maximum Gasteiger partial charge on any atom is 0.205 e. The lowest BCUT2D eigenvalue weighted by Gasteiger charge is -2.14. The lowest BCUT2D eigenvalue weighted by atomic mass is 10.3. The van der Waals surface area contributed by atoms with Crippen LogP contribution in [0.5, 0.6) is 0 Å². The topological polar surface area (TPSA) is 77.5 Å². The number of hydrogen-bond acceptors (Lipinski definition) is 5. The summed E-state index contributed by atoms with van der Waals surface area (Å²) in [5.74, 6) is 0. The predicted octanol–water partition coefficient (Wildman–Crippen LogP) is 3.37. The average Bonchev–Trinajstić information content (AvgIpc) is 2.66. The molecule has 2 aromatic carbocycles. The zero-order chi connectivity index (χ0) is 19.2. The third kappa shape index (κ3) is 4.69. The van der Waals surface area contributed by atoms with Crippen LogP contribution in [-0.2, 0) is 24.4 Å². The Balaban J connectivity index is 2.42. The van der Waals surface area contributed by atoms with Crippen molar-refractivity contribution in [3.05, 3.63) is 83.1 Å². The van der Waals surface area contributed by atoms with Gasteiger partial charge in [-0.1, -0.05) is 36.4 Å². The average molecular weight is 392 g/mol. The standard InChI is InChI=1S/C19H20O5S2/c1-16(24-2)19(26(22,23)18-12-7-4-8-13-18)14-9-15-25(20,21)17-10-5-3-6-11-17/h3-16H,1-2H3/b15-9+,19-14-. The van der Waals surface area contributed by atoms with Gasteiger partial charge in [-0.15, -0.1) is 0 Å². The third-order valence-corrected chi connectivity index (χ3v) is 7.13. The molecule has 0 N–H and O–H groups in total. The van der Waals surface area contributed by atoms with Crippen molar-refractivity contribution >= 4 is 19.7 Å². The number of benzene rings is 2. The van der Waals surface area contributed by atoms with Crippen LogP contribution in [0.2, 0.25) is 0 Å². The number of rotatable bonds is 7. The van der Waals surface area contributed by atoms with Crippen molar-refractivity contribution in [1.29, 1.82) is 0 Å². The number of ether oxygens (including phenoxy) is 1. The van der Waals surface area contributed by atoms with Crippen LogP contribution in [0.15, 0.2) is 92.9 Å². The van der Waals surface area contributed by atoms with Gasteiger partial charge in [0.2, 0.25) is 9.84 Å². The van der Waals surface area contributed by atoms with Gasteiger partial charge in [0.05, 0.1) is 20.8 Å². The monoisotopic (exact) mass is 392 g/mol. The molecule has 0 fully saturated rings. The zero-order valence-corrected chi connectivity index (χ0v) is 16.1. The summed E-state index contributed by atoms with van der Waals surface area (Å²) in [6, 6.07) is 15.8. The van der Waals surface area contributed by atoms with Crippen LogP contribution in [0.25, 0.3) is 0 Å². The molecule has 7 heteroatoms. The van der Waals surface area contributed by atoms with Gasteiger partial charge in [0.25, 0.3) is 0 Å². The van der Waals surface area contributed by atoms with Crippen molar-refractivity contribution < 1.29 is 21.6 Å². The van der Waals surface area contributed by atoms with Crippen molar-refractivity contribution in [2.75, 3.05) is 7.11 Å². The van der Waals surface area contributed by atoms with E-state index in [1.165, 1.54) is 43.5 Å². The molecule has 138 valence electrons. The summed E-state index contributed by atoms with van der Waals surface area (Å²) in [4.78, 5) is 0.233. The van der Waals surface area contributed by atoms with Crippen LogP contribution in [0, 0.1) is 0 Å². The molecule has 0 saturated heterocycles. The zero-order valence-electron chi connectivity index (χ0n) is 14.4. The summed E-state index contributed by atoms with van der Waals surface area (Å²) in [7, 11) is -6.07. The van der Waals surface area contributed by atoms with Gasteiger partial charge < -0.3 is 4.74 Å². The Bertz CT molecular complexity index is 990. The number of methoxy groups -OCH3 is 1. The van der Waals surface area contributed by atoms with Gasteiger partial charge in [-0.2, -0.15) is 0 Å². The van der Waals surface area contributed by atoms with E-state index >= 15 is 0 Å². The smallest absolute Gasteiger partial charge is 0.205 e. The highest BCUT2D eigenvalue weighted by atomic mass is 32.2. The first-order valence-electron chi connectivity index (χ1n) is 7.80. The highest BCUT2D eigenvalue weighted by Crippen LogP contribution is 2.23. The van der Waals surface area contributed by atoms with Gasteiger partial charge in [-0.05, 0) is 43.3 Å². The predicted molar refractivity (Wildman–Crippen MR) is 101 cm³/mol. The Hall–Kier alpha value is -2.22. The van der Waals surface area contributed by atoms with E-state index in [2.05, 4.69) is 0 Å². The van der Waals surface area contributed by atoms with E-state index in [1.807, 2.05) is 0 Å². The molecule has 0 aromatic heterocycles. The summed E-state index contributed by atoms with van der Waals surface area (Å²) in [6.07, 6.45) is 1.74. The first-order chi connectivity index (χ1) is 12.3. The van der Waals surface area contributed by atoms with E-state index in [0.29, 0.717) is 0 Å². The van der Waals surface area contributed by atoms with Crippen molar-refractivity contribution in [2.24, 2.45) is 0 Å². The van der Waals surface area contributed by atoms with Crippen molar-refractivity contribution in [3.63, 3.8) is 0 Å². The summed E-state index contributed by atoms with van der Waals surface area (Å²) in [5, 5.41) is 0.977. The second-order valence-electron chi connectivity index (χ2n) is 5.45. The van der Waals surface area contributed by atoms with E-state index in [9.17, 15) is 16.8 Å². The molecule has 1 atom stereocenters. The Morgan fingerprint density at radius 1 is 0.885 bits per heavy atom. The normalized spacial score (nSPS) is 14.5. The minimum atomic E-state index is -3.80. The van der Waals surface area contributed by atoms with E-state index in [0.717, 1.165) is 5.41 Å². The summed E-state index contributed by atoms with van der Waals surface area (Å²) >= 11 is 0. The molecule has 0 aliphatic heterocycles. The first kappa shape index (κ1) is 20.1. The molecule has 0 bridgehead atoms. The van der Waals surface area contributed by atoms with Crippen LogP contribution < -0.4 is 0 Å². The second-order valence-corrected chi connectivity index (χ2v) is 9.23. The Morgan fingerprint density at radius 2 is 1.38 bits per heavy atom. The van der Waals surface area contributed by atoms with Gasteiger partial charge in [0, 0.05) is 12.5 Å². The van der Waals surface area contributed by atoms with Gasteiger partial charge in [-0.25, -0.2) is 16.8 Å². The lowest BCUT2D eigenvalue weighted by molar-refractivity contribution is 0.152. The van der Waals surface area contributed by atoms with Crippen LogP contribution >= 0.6 is 0 Å². The number of hydrogen-bond donors (Lipinski definition) is 0. The summed E-state index contributed by atoms with van der Waals surface area (Å²) in [6.45, 7) is 1.59. The minimum Gasteiger partial charge on any atom is -0.376 e. The maximum absolute atomic E-state index is 12.8. The SMILES string of the molecule is COC(C)/C(=C/C=C/S(=O)(=O)c1ccccc1)S(=O)(=O)c1ccccc1. The second kappa shape index (κ2) is 8.44. The summed E-state index contributed by atoms with van der Waals surface area (Å²) in [5.41, 5.74) is 0. The van der Waals surface area contributed by atoms with E-state index in [4.69, 9.17) is 4.74 Å². The van der Waals surface area contributed by atoms with Gasteiger partial charge in [0.15, 0.2) is 9.84 Å². The van der Waals surface area contributed by atoms with E-state index in [-0.39, 0.29) is 14.7 Å². The molecule has 0 saturated carbocycles. The molecule has 0 amide bonds. The molecular weight excluding hydrogens is 372 g/mol. The minimum absolute atomic E-state index is 0.0225. The number of allylic oxidation sites excluding steroid dienone is 2. The summed E-state index contributed by atoms with van der Waals surface area (Å²) < 4.78 is 55.4. The molecule has 0 radical (unpaired) electrons. The quantitative estimate of drug-likeness (QED) is 0.675. The van der Waals surface area contributed by atoms with E-state index in [1.54, 1.807) is 43.3 Å². The fraction of sp³-hybridized carbons (Fsp3) is 0.158. The molecule has 0 aliphatic carbocycles. The van der Waals surface area contributed by atoms with Crippen LogP contribution in [-0.4, -0.2) is 30.0 Å². The molecular formula is C19H20O5S2. The van der Waals surface area contributed by atoms with Crippen LogP contribution in [0.1, 0.15) is 6.92 Å². The van der Waals surface area contributed by atoms with Crippen LogP contribution in [0.3, 0.4) is 0 Å². The molecule has 0 spiro atoms. The fourth-order valence-corrected chi connectivity index (χ4v) is 4.78. The van der Waals surface area contributed by atoms with Crippen molar-refractivity contribution in [2.45, 2.75) is 22.8 Å². The molecule has 2 aromatic rings. The lowest BCUT2D eigenvalue weighted by Crippen LogP contribution is -2.17. The first-order valence-corrected chi connectivity index (χ1v) is 10.8. The van der Waals surface area contributed by atoms with Crippen molar-refractivity contribution in [3.8, 4) is 0 Å². The molecule has 0 heterocycles. The number of sulfone groups is 2. The molecule has 2 rings (SSSR count). The molecule has 5 nitrogen and oxygen atoms in total.